The van der Waals surface area contributed by atoms with Crippen LogP contribution in [0.3, 0.4) is 0 Å². The summed E-state index contributed by atoms with van der Waals surface area (Å²) in [4.78, 5) is 0. The average molecular weight is 524 g/mol. The van der Waals surface area contributed by atoms with E-state index in [2.05, 4.69) is 79.3 Å². The molecule has 0 aromatic rings. The van der Waals surface area contributed by atoms with Gasteiger partial charge in [-0.25, -0.2) is 0 Å². The molecule has 1 aliphatic rings. The van der Waals surface area contributed by atoms with Gasteiger partial charge in [0.05, 0.1) is 0 Å². The number of hydrogen-bond donors (Lipinski definition) is 0. The molecule has 0 N–H and O–H groups in total. The third kappa shape index (κ3) is 13.9. The Kier molecular flexibility index (Phi) is 24.7. The van der Waals surface area contributed by atoms with Gasteiger partial charge in [-0.05, 0) is 55.8 Å². The monoisotopic (exact) mass is 523 g/mol. The van der Waals surface area contributed by atoms with Crippen LogP contribution in [0, 0.1) is 0 Å². The SMILES string of the molecule is C=CC=CCCCC.CCCCC(C)P(=NC1=CC=CC1)(C(C)CCCC)C(C)CCCC.[Ti]. The second kappa shape index (κ2) is 23.3. The molecule has 0 aliphatic heterocycles. The van der Waals surface area contributed by atoms with Gasteiger partial charge in [0.1, 0.15) is 0 Å². The molecule has 3 atom stereocenters. The van der Waals surface area contributed by atoms with E-state index in [1.54, 1.807) is 0 Å². The summed E-state index contributed by atoms with van der Waals surface area (Å²) in [6, 6.07) is 0. The van der Waals surface area contributed by atoms with Gasteiger partial charge in [0.2, 0.25) is 0 Å². The third-order valence-electron chi connectivity index (χ3n) is 7.09. The summed E-state index contributed by atoms with van der Waals surface area (Å²) in [7, 11) is -1.39. The van der Waals surface area contributed by atoms with E-state index in [0.717, 1.165) is 23.4 Å². The Morgan fingerprint density at radius 2 is 1.32 bits per heavy atom. The van der Waals surface area contributed by atoms with Crippen molar-refractivity contribution in [3.05, 3.63) is 48.7 Å². The summed E-state index contributed by atoms with van der Waals surface area (Å²) in [5.74, 6) is 0. The van der Waals surface area contributed by atoms with E-state index in [4.69, 9.17) is 4.74 Å². The molecule has 196 valence electrons. The molecule has 1 nitrogen and oxygen atoms in total. The largest absolute Gasteiger partial charge is 0.271 e. The van der Waals surface area contributed by atoms with Gasteiger partial charge in [-0.1, -0.05) is 137 Å². The Hall–Kier alpha value is -0.0957. The maximum atomic E-state index is 5.68. The summed E-state index contributed by atoms with van der Waals surface area (Å²) in [6.45, 7) is 20.4. The maximum absolute atomic E-state index is 5.68. The summed E-state index contributed by atoms with van der Waals surface area (Å²) < 4.78 is 5.68. The first kappa shape index (κ1) is 36.1. The maximum Gasteiger partial charge on any atom is 0.0425 e. The molecule has 34 heavy (non-hydrogen) atoms. The molecule has 3 heteroatoms. The molecule has 1 rings (SSSR count). The van der Waals surface area contributed by atoms with Crippen LogP contribution in [0.1, 0.15) is 132 Å². The molecule has 0 aromatic heterocycles. The van der Waals surface area contributed by atoms with E-state index < -0.39 is 7.05 Å². The summed E-state index contributed by atoms with van der Waals surface area (Å²) >= 11 is 0. The van der Waals surface area contributed by atoms with E-state index in [1.165, 1.54) is 82.7 Å². The normalized spacial score (nSPS) is 17.1. The fourth-order valence-corrected chi connectivity index (χ4v) is 10.5. The average Bonchev–Trinajstić information content (AvgIpc) is 3.34. The molecule has 3 unspecified atom stereocenters. The molecule has 0 saturated heterocycles. The third-order valence-corrected chi connectivity index (χ3v) is 12.7. The van der Waals surface area contributed by atoms with Crippen LogP contribution in [0.2, 0.25) is 0 Å². The molecular formula is C31H58NPTi. The minimum atomic E-state index is -1.39. The van der Waals surface area contributed by atoms with Gasteiger partial charge in [0.15, 0.2) is 0 Å². The van der Waals surface area contributed by atoms with Crippen LogP contribution in [0.4, 0.5) is 0 Å². The van der Waals surface area contributed by atoms with Crippen molar-refractivity contribution in [3.8, 4) is 0 Å². The van der Waals surface area contributed by atoms with E-state index in [-0.39, 0.29) is 21.7 Å². The molecule has 1 aliphatic carbocycles. The number of hydrogen-bond acceptors (Lipinski definition) is 1. The van der Waals surface area contributed by atoms with Gasteiger partial charge in [0, 0.05) is 33.8 Å². The zero-order chi connectivity index (χ0) is 25.0. The molecule has 0 saturated carbocycles. The van der Waals surface area contributed by atoms with Crippen molar-refractivity contribution >= 4 is 7.05 Å². The molecule has 0 fully saturated rings. The molecule has 0 aromatic carbocycles. The number of allylic oxidation sites excluding steroid dienone is 6. The van der Waals surface area contributed by atoms with Crippen LogP contribution in [-0.4, -0.2) is 17.0 Å². The van der Waals surface area contributed by atoms with Crippen LogP contribution in [0.25, 0.3) is 0 Å². The second-order valence-corrected chi connectivity index (χ2v) is 14.4. The summed E-state index contributed by atoms with van der Waals surface area (Å²) in [6.07, 6.45) is 29.6. The van der Waals surface area contributed by atoms with Crippen LogP contribution < -0.4 is 0 Å². The smallest absolute Gasteiger partial charge is 0.0425 e. The van der Waals surface area contributed by atoms with E-state index in [0.29, 0.717) is 0 Å². The minimum Gasteiger partial charge on any atom is -0.271 e. The van der Waals surface area contributed by atoms with Gasteiger partial charge in [-0.15, -0.1) is 0 Å². The number of unbranched alkanes of at least 4 members (excludes halogenated alkanes) is 5. The predicted octanol–water partition coefficient (Wildman–Crippen LogP) is 11.7. The molecule has 0 heterocycles. The Bertz CT molecular complexity index is 589. The van der Waals surface area contributed by atoms with Gasteiger partial charge in [-0.3, -0.25) is 4.74 Å². The van der Waals surface area contributed by atoms with Crippen molar-refractivity contribution in [2.45, 2.75) is 149 Å². The Balaban J connectivity index is 0. The topological polar surface area (TPSA) is 12.4 Å². The fraction of sp³-hybridized carbons (Fsp3) is 0.742. The van der Waals surface area contributed by atoms with E-state index in [9.17, 15) is 0 Å². The van der Waals surface area contributed by atoms with E-state index >= 15 is 0 Å². The standard InChI is InChI=1S/C23H44NP.C8H14.Ti/c1-7-10-15-20(4)25(21(5)16-11-8-2,22(6)17-12-9-3)24-23-18-13-14-19-23;1-3-5-7-8-6-4-2;/h13-14,18,20-22H,7-12,15-17,19H2,1-6H3;3,5,7H,1,4,6,8H2,2H3;. The van der Waals surface area contributed by atoms with Crippen LogP contribution >= 0.6 is 7.05 Å². The van der Waals surface area contributed by atoms with Crippen molar-refractivity contribution < 1.29 is 21.7 Å². The first-order chi connectivity index (χ1) is 15.9. The van der Waals surface area contributed by atoms with Crippen molar-refractivity contribution in [1.82, 2.24) is 0 Å². The van der Waals surface area contributed by atoms with Crippen molar-refractivity contribution in [2.75, 3.05) is 0 Å². The first-order valence-electron chi connectivity index (χ1n) is 14.2. The fourth-order valence-electron chi connectivity index (χ4n) is 4.96. The van der Waals surface area contributed by atoms with Gasteiger partial charge in [-0.2, -0.15) is 0 Å². The number of rotatable bonds is 17. The summed E-state index contributed by atoms with van der Waals surface area (Å²) in [5.41, 5.74) is 3.68. The van der Waals surface area contributed by atoms with Crippen molar-refractivity contribution in [3.63, 3.8) is 0 Å². The Labute approximate surface area is 230 Å². The first-order valence-corrected chi connectivity index (χ1v) is 16.1. The van der Waals surface area contributed by atoms with Crippen LogP contribution in [0.15, 0.2) is 53.5 Å². The van der Waals surface area contributed by atoms with E-state index in [1.807, 2.05) is 12.2 Å². The predicted molar refractivity (Wildman–Crippen MR) is 157 cm³/mol. The number of nitrogens with zero attached hydrogens (tertiary/aromatic N) is 1. The minimum absolute atomic E-state index is 0. The second-order valence-electron chi connectivity index (χ2n) is 9.96. The van der Waals surface area contributed by atoms with Crippen molar-refractivity contribution in [1.29, 1.82) is 0 Å². The van der Waals surface area contributed by atoms with Crippen LogP contribution in [-0.2, 0) is 21.7 Å². The summed E-state index contributed by atoms with van der Waals surface area (Å²) in [5, 5.41) is 0. The Morgan fingerprint density at radius 1 is 0.853 bits per heavy atom. The molecule has 0 bridgehead atoms. The molecule has 0 amide bonds. The molecular weight excluding hydrogens is 465 g/mol. The quantitative estimate of drug-likeness (QED) is 0.0778. The van der Waals surface area contributed by atoms with Gasteiger partial charge >= 0.3 is 0 Å². The zero-order valence-corrected chi connectivity index (χ0v) is 26.4. The van der Waals surface area contributed by atoms with Crippen molar-refractivity contribution in [2.24, 2.45) is 4.74 Å². The van der Waals surface area contributed by atoms with Gasteiger partial charge < -0.3 is 0 Å². The molecule has 0 radical (unpaired) electrons. The zero-order valence-electron chi connectivity index (χ0n) is 24.0. The van der Waals surface area contributed by atoms with Crippen LogP contribution in [0.5, 0.6) is 0 Å². The molecule has 0 spiro atoms. The Morgan fingerprint density at radius 3 is 1.68 bits per heavy atom. The van der Waals surface area contributed by atoms with Gasteiger partial charge in [0.25, 0.3) is 0 Å².